The Bertz CT molecular complexity index is 979. The maximum absolute atomic E-state index is 12.7. The number of rotatable bonds is 6. The summed E-state index contributed by atoms with van der Waals surface area (Å²) in [5, 5.41) is 4.16. The summed E-state index contributed by atoms with van der Waals surface area (Å²) in [7, 11) is -1.94. The van der Waals surface area contributed by atoms with Crippen molar-refractivity contribution < 1.29 is 17.9 Å². The van der Waals surface area contributed by atoms with Crippen LogP contribution in [0.3, 0.4) is 0 Å². The zero-order valence-corrected chi connectivity index (χ0v) is 17.5. The van der Waals surface area contributed by atoms with Crippen molar-refractivity contribution in [1.29, 1.82) is 0 Å². The molecule has 7 heteroatoms. The van der Waals surface area contributed by atoms with E-state index in [0.717, 1.165) is 11.1 Å². The maximum Gasteiger partial charge on any atom is 0.236 e. The molecule has 1 aliphatic heterocycles. The molecular formula is C22H26N2O4S. The van der Waals surface area contributed by atoms with Crippen LogP contribution in [-0.2, 0) is 14.8 Å². The van der Waals surface area contributed by atoms with Crippen LogP contribution in [0.25, 0.3) is 6.08 Å². The van der Waals surface area contributed by atoms with Crippen LogP contribution in [0, 0.1) is 12.8 Å². The van der Waals surface area contributed by atoms with E-state index in [1.165, 1.54) is 9.71 Å². The lowest BCUT2D eigenvalue weighted by Crippen LogP contribution is -2.40. The Morgan fingerprint density at radius 1 is 1.14 bits per heavy atom. The molecule has 1 saturated heterocycles. The van der Waals surface area contributed by atoms with Gasteiger partial charge in [0.1, 0.15) is 5.75 Å². The molecule has 1 N–H and O–H groups in total. The zero-order chi connectivity index (χ0) is 20.9. The molecule has 1 heterocycles. The van der Waals surface area contributed by atoms with E-state index < -0.39 is 10.0 Å². The zero-order valence-electron chi connectivity index (χ0n) is 16.7. The number of benzene rings is 2. The Kier molecular flexibility index (Phi) is 6.71. The van der Waals surface area contributed by atoms with Crippen LogP contribution < -0.4 is 10.1 Å². The van der Waals surface area contributed by atoms with Crippen LogP contribution >= 0.6 is 0 Å². The van der Waals surface area contributed by atoms with Crippen LogP contribution in [0.5, 0.6) is 5.75 Å². The Hall–Kier alpha value is -2.64. The van der Waals surface area contributed by atoms with Crippen molar-refractivity contribution in [3.05, 3.63) is 65.1 Å². The minimum Gasteiger partial charge on any atom is -0.495 e. The summed E-state index contributed by atoms with van der Waals surface area (Å²) in [6.07, 6.45) is 2.56. The van der Waals surface area contributed by atoms with Crippen molar-refractivity contribution in [3.8, 4) is 5.75 Å². The molecule has 3 rings (SSSR count). The summed E-state index contributed by atoms with van der Waals surface area (Å²) in [5.74, 6) is 0.269. The van der Waals surface area contributed by atoms with Crippen molar-refractivity contribution in [1.82, 2.24) is 4.31 Å². The number of carbonyl (C=O) groups is 1. The number of methoxy groups -OCH3 is 1. The van der Waals surface area contributed by atoms with Gasteiger partial charge in [-0.15, -0.1) is 0 Å². The second-order valence-electron chi connectivity index (χ2n) is 7.12. The lowest BCUT2D eigenvalue weighted by Gasteiger charge is -2.29. The molecule has 0 unspecified atom stereocenters. The quantitative estimate of drug-likeness (QED) is 0.783. The van der Waals surface area contributed by atoms with Crippen molar-refractivity contribution in [2.45, 2.75) is 19.8 Å². The minimum atomic E-state index is -3.50. The van der Waals surface area contributed by atoms with Gasteiger partial charge >= 0.3 is 0 Å². The van der Waals surface area contributed by atoms with Gasteiger partial charge in [-0.25, -0.2) is 8.42 Å². The molecular weight excluding hydrogens is 388 g/mol. The van der Waals surface area contributed by atoms with Crippen molar-refractivity contribution in [2.75, 3.05) is 25.5 Å². The first kappa shape index (κ1) is 21.1. The molecule has 0 atom stereocenters. The first-order valence-corrected chi connectivity index (χ1v) is 11.1. The molecule has 2 aromatic carbocycles. The fraction of sp³-hybridized carbons (Fsp3) is 0.318. The molecule has 0 aliphatic carbocycles. The summed E-state index contributed by atoms with van der Waals surface area (Å²) in [4.78, 5) is 12.7. The Morgan fingerprint density at radius 3 is 2.48 bits per heavy atom. The Balaban J connectivity index is 1.59. The summed E-state index contributed by atoms with van der Waals surface area (Å²) < 4.78 is 31.9. The van der Waals surface area contributed by atoms with E-state index in [1.807, 2.05) is 55.5 Å². The molecule has 154 valence electrons. The number of nitrogens with zero attached hydrogens (tertiary/aromatic N) is 1. The molecule has 2 aromatic rings. The van der Waals surface area contributed by atoms with Gasteiger partial charge in [-0.3, -0.25) is 4.79 Å². The fourth-order valence-electron chi connectivity index (χ4n) is 3.34. The molecule has 6 nitrogen and oxygen atoms in total. The molecule has 0 saturated carbocycles. The molecule has 1 aliphatic rings. The van der Waals surface area contributed by atoms with Crippen molar-refractivity contribution in [2.24, 2.45) is 5.92 Å². The largest absolute Gasteiger partial charge is 0.495 e. The number of nitrogens with one attached hydrogen (secondary N) is 1. The van der Waals surface area contributed by atoms with Gasteiger partial charge in [-0.05, 0) is 49.1 Å². The van der Waals surface area contributed by atoms with Crippen LogP contribution in [0.1, 0.15) is 24.0 Å². The first-order chi connectivity index (χ1) is 13.9. The maximum atomic E-state index is 12.7. The van der Waals surface area contributed by atoms with Gasteiger partial charge in [0.15, 0.2) is 0 Å². The SMILES string of the molecule is COc1ccc(C)cc1NC(=O)C1CCN(S(=O)(=O)/C=C/c2ccccc2)CC1. The summed E-state index contributed by atoms with van der Waals surface area (Å²) in [6.45, 7) is 2.59. The smallest absolute Gasteiger partial charge is 0.236 e. The number of ether oxygens (including phenoxy) is 1. The number of sulfonamides is 1. The van der Waals surface area contributed by atoms with E-state index in [9.17, 15) is 13.2 Å². The van der Waals surface area contributed by atoms with E-state index >= 15 is 0 Å². The molecule has 29 heavy (non-hydrogen) atoms. The van der Waals surface area contributed by atoms with Crippen molar-refractivity contribution >= 4 is 27.7 Å². The third kappa shape index (κ3) is 5.46. The summed E-state index contributed by atoms with van der Waals surface area (Å²) >= 11 is 0. The average molecular weight is 415 g/mol. The van der Waals surface area contributed by atoms with E-state index in [0.29, 0.717) is 37.4 Å². The lowest BCUT2D eigenvalue weighted by atomic mass is 9.97. The number of piperidine rings is 1. The van der Waals surface area contributed by atoms with Gasteiger partial charge in [0.25, 0.3) is 0 Å². The number of anilines is 1. The van der Waals surface area contributed by atoms with Crippen molar-refractivity contribution in [3.63, 3.8) is 0 Å². The highest BCUT2D eigenvalue weighted by molar-refractivity contribution is 7.92. The molecule has 0 spiro atoms. The predicted molar refractivity (Wildman–Crippen MR) is 115 cm³/mol. The molecule has 0 bridgehead atoms. The molecule has 0 radical (unpaired) electrons. The van der Waals surface area contributed by atoms with Crippen LogP contribution in [0.15, 0.2) is 53.9 Å². The standard InChI is InChI=1S/C22H26N2O4S/c1-17-8-9-21(28-2)20(16-17)23-22(25)19-10-13-24(14-11-19)29(26,27)15-12-18-6-4-3-5-7-18/h3-9,12,15-16,19H,10-11,13-14H2,1-2H3,(H,23,25)/b15-12+. The number of carbonyl (C=O) groups excluding carboxylic acids is 1. The highest BCUT2D eigenvalue weighted by Crippen LogP contribution is 2.28. The van der Waals surface area contributed by atoms with E-state index in [-0.39, 0.29) is 11.8 Å². The predicted octanol–water partition coefficient (Wildman–Crippen LogP) is 3.65. The van der Waals surface area contributed by atoms with Crippen LogP contribution in [-0.4, -0.2) is 38.8 Å². The third-order valence-corrected chi connectivity index (χ3v) is 6.59. The first-order valence-electron chi connectivity index (χ1n) is 9.58. The molecule has 0 aromatic heterocycles. The van der Waals surface area contributed by atoms with E-state index in [1.54, 1.807) is 13.2 Å². The number of amides is 1. The van der Waals surface area contributed by atoms with E-state index in [2.05, 4.69) is 5.32 Å². The Morgan fingerprint density at radius 2 is 1.83 bits per heavy atom. The monoisotopic (exact) mass is 414 g/mol. The van der Waals surface area contributed by atoms with Gasteiger partial charge in [0, 0.05) is 24.4 Å². The van der Waals surface area contributed by atoms with Gasteiger partial charge in [-0.2, -0.15) is 4.31 Å². The summed E-state index contributed by atoms with van der Waals surface area (Å²) in [5.41, 5.74) is 2.49. The highest BCUT2D eigenvalue weighted by Gasteiger charge is 2.30. The molecule has 1 fully saturated rings. The average Bonchev–Trinajstić information content (AvgIpc) is 2.73. The third-order valence-electron chi connectivity index (χ3n) is 5.03. The minimum absolute atomic E-state index is 0.106. The second kappa shape index (κ2) is 9.24. The number of aryl methyl sites for hydroxylation is 1. The normalized spacial score (nSPS) is 16.1. The lowest BCUT2D eigenvalue weighted by molar-refractivity contribution is -0.120. The van der Waals surface area contributed by atoms with Gasteiger partial charge < -0.3 is 10.1 Å². The van der Waals surface area contributed by atoms with E-state index in [4.69, 9.17) is 4.74 Å². The highest BCUT2D eigenvalue weighted by atomic mass is 32.2. The topological polar surface area (TPSA) is 75.7 Å². The number of hydrogen-bond acceptors (Lipinski definition) is 4. The number of hydrogen-bond donors (Lipinski definition) is 1. The second-order valence-corrected chi connectivity index (χ2v) is 8.94. The van der Waals surface area contributed by atoms with Gasteiger partial charge in [-0.1, -0.05) is 36.4 Å². The van der Waals surface area contributed by atoms with Crippen LogP contribution in [0.4, 0.5) is 5.69 Å². The Labute approximate surface area is 172 Å². The van der Waals surface area contributed by atoms with Gasteiger partial charge in [0.05, 0.1) is 12.8 Å². The molecule has 1 amide bonds. The van der Waals surface area contributed by atoms with Crippen LogP contribution in [0.2, 0.25) is 0 Å². The fourth-order valence-corrected chi connectivity index (χ4v) is 4.56. The summed E-state index contributed by atoms with van der Waals surface area (Å²) in [6, 6.07) is 14.9. The van der Waals surface area contributed by atoms with Gasteiger partial charge in [0.2, 0.25) is 15.9 Å².